The summed E-state index contributed by atoms with van der Waals surface area (Å²) < 4.78 is 0. The Hall–Kier alpha value is -2.07. The van der Waals surface area contributed by atoms with Gasteiger partial charge in [-0.1, -0.05) is 17.7 Å². The fraction of sp³-hybridized carbons (Fsp3) is 0. The highest BCUT2D eigenvalue weighted by Gasteiger charge is 2.08. The number of anilines is 1. The number of pyridine rings is 1. The molecule has 0 fully saturated rings. The lowest BCUT2D eigenvalue weighted by molar-refractivity contribution is 0.102. The van der Waals surface area contributed by atoms with E-state index in [2.05, 4.69) is 10.3 Å². The smallest absolute Gasteiger partial charge is 0.256 e. The number of aromatic hydroxyl groups is 1. The summed E-state index contributed by atoms with van der Waals surface area (Å²) in [5.41, 5.74) is 0.360. The first-order valence-electron chi connectivity index (χ1n) is 4.88. The van der Waals surface area contributed by atoms with E-state index in [0.29, 0.717) is 11.4 Å². The Labute approximate surface area is 103 Å². The molecule has 0 aliphatic heterocycles. The number of hydrogen-bond donors (Lipinski definition) is 2. The number of nitrogens with one attached hydrogen (secondary N) is 1. The van der Waals surface area contributed by atoms with Crippen molar-refractivity contribution >= 4 is 23.3 Å². The number of carbonyl (C=O) groups excluding carboxylic acids is 1. The zero-order valence-electron chi connectivity index (χ0n) is 8.72. The van der Waals surface area contributed by atoms with Gasteiger partial charge in [-0.15, -0.1) is 0 Å². The van der Waals surface area contributed by atoms with Crippen LogP contribution in [0.5, 0.6) is 5.75 Å². The predicted octanol–water partition coefficient (Wildman–Crippen LogP) is 2.69. The second-order valence-corrected chi connectivity index (χ2v) is 3.74. The summed E-state index contributed by atoms with van der Waals surface area (Å²) in [6.07, 6.45) is 1.58. The SMILES string of the molecule is O=C(Nc1ccccn1)c1ccc(O)c(Cl)c1. The molecular formula is C12H9ClN2O2. The number of rotatable bonds is 2. The van der Waals surface area contributed by atoms with E-state index in [4.69, 9.17) is 11.6 Å². The van der Waals surface area contributed by atoms with E-state index >= 15 is 0 Å². The second-order valence-electron chi connectivity index (χ2n) is 3.34. The zero-order chi connectivity index (χ0) is 12.3. The molecule has 17 heavy (non-hydrogen) atoms. The molecule has 5 heteroatoms. The topological polar surface area (TPSA) is 62.2 Å². The summed E-state index contributed by atoms with van der Waals surface area (Å²) in [6.45, 7) is 0. The van der Waals surface area contributed by atoms with Crippen LogP contribution < -0.4 is 5.32 Å². The van der Waals surface area contributed by atoms with Gasteiger partial charge in [0.2, 0.25) is 0 Å². The summed E-state index contributed by atoms with van der Waals surface area (Å²) in [6, 6.07) is 9.46. The maximum absolute atomic E-state index is 11.8. The van der Waals surface area contributed by atoms with Gasteiger partial charge in [0.25, 0.3) is 5.91 Å². The number of phenolic OH excluding ortho intramolecular Hbond substituents is 1. The number of carbonyl (C=O) groups is 1. The van der Waals surface area contributed by atoms with Crippen LogP contribution >= 0.6 is 11.6 Å². The monoisotopic (exact) mass is 248 g/mol. The molecule has 1 aromatic carbocycles. The Morgan fingerprint density at radius 2 is 2.12 bits per heavy atom. The molecule has 0 spiro atoms. The van der Waals surface area contributed by atoms with E-state index in [0.717, 1.165) is 0 Å². The number of hydrogen-bond acceptors (Lipinski definition) is 3. The molecule has 0 aliphatic carbocycles. The van der Waals surface area contributed by atoms with Gasteiger partial charge in [-0.25, -0.2) is 4.98 Å². The van der Waals surface area contributed by atoms with Crippen LogP contribution in [0.3, 0.4) is 0 Å². The second kappa shape index (κ2) is 4.84. The minimum atomic E-state index is -0.328. The first kappa shape index (κ1) is 11.4. The van der Waals surface area contributed by atoms with Crippen LogP contribution in [0.1, 0.15) is 10.4 Å². The maximum atomic E-state index is 11.8. The third kappa shape index (κ3) is 2.73. The lowest BCUT2D eigenvalue weighted by atomic mass is 10.2. The van der Waals surface area contributed by atoms with Gasteiger partial charge in [0.05, 0.1) is 5.02 Å². The molecular weight excluding hydrogens is 240 g/mol. The van der Waals surface area contributed by atoms with Crippen molar-refractivity contribution in [3.8, 4) is 5.75 Å². The quantitative estimate of drug-likeness (QED) is 0.859. The van der Waals surface area contributed by atoms with Gasteiger partial charge in [0, 0.05) is 11.8 Å². The van der Waals surface area contributed by atoms with E-state index in [9.17, 15) is 9.90 Å². The molecule has 0 saturated carbocycles. The standard InChI is InChI=1S/C12H9ClN2O2/c13-9-7-8(4-5-10(9)16)12(17)15-11-3-1-2-6-14-11/h1-7,16H,(H,14,15,17). The molecule has 2 rings (SSSR count). The van der Waals surface area contributed by atoms with Gasteiger partial charge in [0.1, 0.15) is 11.6 Å². The first-order chi connectivity index (χ1) is 8.16. The fourth-order valence-electron chi connectivity index (χ4n) is 1.27. The summed E-state index contributed by atoms with van der Waals surface area (Å²) in [5.74, 6) is 0.0772. The Balaban J connectivity index is 2.18. The molecule has 1 aromatic heterocycles. The van der Waals surface area contributed by atoms with Crippen LogP contribution in [0, 0.1) is 0 Å². The van der Waals surface area contributed by atoms with Crippen molar-refractivity contribution in [3.05, 3.63) is 53.2 Å². The van der Waals surface area contributed by atoms with E-state index in [1.54, 1.807) is 24.4 Å². The number of halogens is 1. The number of phenols is 1. The number of nitrogens with zero attached hydrogens (tertiary/aromatic N) is 1. The highest BCUT2D eigenvalue weighted by molar-refractivity contribution is 6.32. The molecule has 2 N–H and O–H groups in total. The first-order valence-corrected chi connectivity index (χ1v) is 5.25. The zero-order valence-corrected chi connectivity index (χ0v) is 9.48. The predicted molar refractivity (Wildman–Crippen MR) is 65.3 cm³/mol. The van der Waals surface area contributed by atoms with Gasteiger partial charge in [-0.3, -0.25) is 4.79 Å². The molecule has 0 bridgehead atoms. The van der Waals surface area contributed by atoms with Crippen molar-refractivity contribution in [3.63, 3.8) is 0 Å². The molecule has 4 nitrogen and oxygen atoms in total. The Morgan fingerprint density at radius 3 is 2.76 bits per heavy atom. The number of amides is 1. The Kier molecular flexibility index (Phi) is 3.25. The van der Waals surface area contributed by atoms with Crippen molar-refractivity contribution in [2.75, 3.05) is 5.32 Å². The third-order valence-electron chi connectivity index (χ3n) is 2.12. The van der Waals surface area contributed by atoms with Gasteiger partial charge in [0.15, 0.2) is 0 Å². The third-order valence-corrected chi connectivity index (χ3v) is 2.42. The van der Waals surface area contributed by atoms with Crippen LogP contribution in [0.4, 0.5) is 5.82 Å². The van der Waals surface area contributed by atoms with E-state index < -0.39 is 0 Å². The van der Waals surface area contributed by atoms with Crippen LogP contribution in [-0.4, -0.2) is 16.0 Å². The molecule has 0 saturated heterocycles. The number of aromatic nitrogens is 1. The van der Waals surface area contributed by atoms with Crippen molar-refractivity contribution in [1.82, 2.24) is 4.98 Å². The van der Waals surface area contributed by atoms with Crippen molar-refractivity contribution < 1.29 is 9.90 Å². The minimum Gasteiger partial charge on any atom is -0.506 e. The van der Waals surface area contributed by atoms with Crippen LogP contribution in [-0.2, 0) is 0 Å². The molecule has 1 amide bonds. The Bertz CT molecular complexity index is 543. The molecule has 1 heterocycles. The summed E-state index contributed by atoms with van der Waals surface area (Å²) in [5, 5.41) is 12.0. The summed E-state index contributed by atoms with van der Waals surface area (Å²) in [4.78, 5) is 15.8. The highest BCUT2D eigenvalue weighted by atomic mass is 35.5. The van der Waals surface area contributed by atoms with Gasteiger partial charge < -0.3 is 10.4 Å². The van der Waals surface area contributed by atoms with Crippen molar-refractivity contribution in [2.24, 2.45) is 0 Å². The van der Waals surface area contributed by atoms with Gasteiger partial charge >= 0.3 is 0 Å². The lowest BCUT2D eigenvalue weighted by Crippen LogP contribution is -2.12. The van der Waals surface area contributed by atoms with Crippen molar-refractivity contribution in [2.45, 2.75) is 0 Å². The molecule has 86 valence electrons. The summed E-state index contributed by atoms with van der Waals surface area (Å²) >= 11 is 5.72. The largest absolute Gasteiger partial charge is 0.506 e. The molecule has 0 atom stereocenters. The molecule has 0 unspecified atom stereocenters. The van der Waals surface area contributed by atoms with Gasteiger partial charge in [-0.2, -0.15) is 0 Å². The fourth-order valence-corrected chi connectivity index (χ4v) is 1.45. The average molecular weight is 249 g/mol. The van der Waals surface area contributed by atoms with Crippen LogP contribution in [0.25, 0.3) is 0 Å². The minimum absolute atomic E-state index is 0.0546. The van der Waals surface area contributed by atoms with Crippen LogP contribution in [0.2, 0.25) is 5.02 Å². The maximum Gasteiger partial charge on any atom is 0.256 e. The molecule has 2 aromatic rings. The van der Waals surface area contributed by atoms with E-state index in [1.165, 1.54) is 18.2 Å². The lowest BCUT2D eigenvalue weighted by Gasteiger charge is -2.04. The highest BCUT2D eigenvalue weighted by Crippen LogP contribution is 2.23. The average Bonchev–Trinajstić information content (AvgIpc) is 2.34. The van der Waals surface area contributed by atoms with E-state index in [1.807, 2.05) is 0 Å². The normalized spacial score (nSPS) is 9.94. The molecule has 0 aliphatic rings. The molecule has 0 radical (unpaired) electrons. The number of benzene rings is 1. The van der Waals surface area contributed by atoms with E-state index in [-0.39, 0.29) is 16.7 Å². The Morgan fingerprint density at radius 1 is 1.29 bits per heavy atom. The van der Waals surface area contributed by atoms with Crippen LogP contribution in [0.15, 0.2) is 42.6 Å². The van der Waals surface area contributed by atoms with Crippen molar-refractivity contribution in [1.29, 1.82) is 0 Å². The summed E-state index contributed by atoms with van der Waals surface area (Å²) in [7, 11) is 0. The van der Waals surface area contributed by atoms with Gasteiger partial charge in [-0.05, 0) is 30.3 Å².